The van der Waals surface area contributed by atoms with Crippen molar-refractivity contribution in [1.82, 2.24) is 0 Å². The first-order chi connectivity index (χ1) is 9.15. The van der Waals surface area contributed by atoms with E-state index in [1.165, 1.54) is 0 Å². The smallest absolute Gasteiger partial charge is 0.167 e. The molecule has 1 heterocycles. The van der Waals surface area contributed by atoms with Crippen LogP contribution in [0, 0.1) is 11.3 Å². The van der Waals surface area contributed by atoms with E-state index in [2.05, 4.69) is 0 Å². The minimum absolute atomic E-state index is 0.0732. The summed E-state index contributed by atoms with van der Waals surface area (Å²) in [5, 5.41) is 8.57. The zero-order chi connectivity index (χ0) is 13.8. The molecule has 0 fully saturated rings. The Balaban J connectivity index is 2.33. The minimum Gasteiger partial charge on any atom is -0.493 e. The van der Waals surface area contributed by atoms with Crippen LogP contribution in [-0.4, -0.2) is 18.5 Å². The van der Waals surface area contributed by atoms with E-state index in [0.29, 0.717) is 17.9 Å². The van der Waals surface area contributed by atoms with Crippen LogP contribution in [0.3, 0.4) is 0 Å². The SMILES string of the molecule is CCOc1cc2c(cc1C(=O)CCC#N)OC(C)C2. The first kappa shape index (κ1) is 13.4. The van der Waals surface area contributed by atoms with E-state index in [4.69, 9.17) is 14.7 Å². The number of nitrogens with zero attached hydrogens (tertiary/aromatic N) is 1. The van der Waals surface area contributed by atoms with Gasteiger partial charge in [0.2, 0.25) is 0 Å². The van der Waals surface area contributed by atoms with Crippen molar-refractivity contribution < 1.29 is 14.3 Å². The number of Topliss-reactive ketones (excluding diaryl/α,β-unsaturated/α-hetero) is 1. The van der Waals surface area contributed by atoms with Gasteiger partial charge in [0.25, 0.3) is 0 Å². The van der Waals surface area contributed by atoms with E-state index in [1.807, 2.05) is 26.0 Å². The van der Waals surface area contributed by atoms with Gasteiger partial charge in [0, 0.05) is 24.8 Å². The van der Waals surface area contributed by atoms with Crippen LogP contribution >= 0.6 is 0 Å². The summed E-state index contributed by atoms with van der Waals surface area (Å²) >= 11 is 0. The molecule has 0 saturated heterocycles. The standard InChI is InChI=1S/C15H17NO3/c1-3-18-15-8-11-7-10(2)19-14(11)9-12(15)13(17)5-4-6-16/h8-10H,3-5,7H2,1-2H3. The zero-order valence-corrected chi connectivity index (χ0v) is 11.2. The molecule has 19 heavy (non-hydrogen) atoms. The van der Waals surface area contributed by atoms with Gasteiger partial charge in [-0.1, -0.05) is 0 Å². The van der Waals surface area contributed by atoms with Crippen molar-refractivity contribution in [1.29, 1.82) is 5.26 Å². The number of ether oxygens (including phenoxy) is 2. The van der Waals surface area contributed by atoms with Crippen molar-refractivity contribution in [3.8, 4) is 17.6 Å². The molecule has 100 valence electrons. The highest BCUT2D eigenvalue weighted by molar-refractivity contribution is 5.99. The van der Waals surface area contributed by atoms with E-state index >= 15 is 0 Å². The molecule has 1 aliphatic rings. The summed E-state index contributed by atoms with van der Waals surface area (Å²) in [4.78, 5) is 12.1. The Bertz CT molecular complexity index is 531. The molecule has 4 nitrogen and oxygen atoms in total. The molecule has 1 aromatic rings. The molecule has 2 rings (SSSR count). The third kappa shape index (κ3) is 2.87. The van der Waals surface area contributed by atoms with Crippen LogP contribution in [0.25, 0.3) is 0 Å². The zero-order valence-electron chi connectivity index (χ0n) is 11.2. The summed E-state index contributed by atoms with van der Waals surface area (Å²) in [7, 11) is 0. The van der Waals surface area contributed by atoms with E-state index in [1.54, 1.807) is 6.07 Å². The summed E-state index contributed by atoms with van der Waals surface area (Å²) in [5.41, 5.74) is 1.60. The Hall–Kier alpha value is -2.02. The molecule has 0 radical (unpaired) electrons. The molecule has 1 atom stereocenters. The van der Waals surface area contributed by atoms with Crippen molar-refractivity contribution >= 4 is 5.78 Å². The highest BCUT2D eigenvalue weighted by Gasteiger charge is 2.24. The van der Waals surface area contributed by atoms with Crippen molar-refractivity contribution in [2.75, 3.05) is 6.61 Å². The molecule has 0 aromatic heterocycles. The van der Waals surface area contributed by atoms with Crippen LogP contribution in [0.5, 0.6) is 11.5 Å². The van der Waals surface area contributed by atoms with Crippen LogP contribution in [0.1, 0.15) is 42.6 Å². The van der Waals surface area contributed by atoms with Gasteiger partial charge >= 0.3 is 0 Å². The number of nitriles is 1. The molecule has 0 N–H and O–H groups in total. The number of carbonyl (C=O) groups excluding carboxylic acids is 1. The Morgan fingerprint density at radius 2 is 2.37 bits per heavy atom. The van der Waals surface area contributed by atoms with Crippen LogP contribution in [0.2, 0.25) is 0 Å². The summed E-state index contributed by atoms with van der Waals surface area (Å²) in [6.45, 7) is 4.39. The predicted octanol–water partition coefficient (Wildman–Crippen LogP) is 2.90. The molecular weight excluding hydrogens is 242 g/mol. The van der Waals surface area contributed by atoms with Gasteiger partial charge in [-0.25, -0.2) is 0 Å². The normalized spacial score (nSPS) is 16.4. The van der Waals surface area contributed by atoms with Gasteiger partial charge in [0.05, 0.1) is 18.2 Å². The van der Waals surface area contributed by atoms with Crippen molar-refractivity contribution in [2.45, 2.75) is 39.2 Å². The molecule has 0 bridgehead atoms. The van der Waals surface area contributed by atoms with E-state index < -0.39 is 0 Å². The highest BCUT2D eigenvalue weighted by atomic mass is 16.5. The fourth-order valence-electron chi connectivity index (χ4n) is 2.24. The van der Waals surface area contributed by atoms with Crippen LogP contribution < -0.4 is 9.47 Å². The van der Waals surface area contributed by atoms with Crippen molar-refractivity contribution in [2.24, 2.45) is 0 Å². The number of hydrogen-bond acceptors (Lipinski definition) is 4. The van der Waals surface area contributed by atoms with Crippen LogP contribution in [-0.2, 0) is 6.42 Å². The van der Waals surface area contributed by atoms with Crippen molar-refractivity contribution in [3.05, 3.63) is 23.3 Å². The highest BCUT2D eigenvalue weighted by Crippen LogP contribution is 2.35. The second-order valence-corrected chi connectivity index (χ2v) is 4.60. The van der Waals surface area contributed by atoms with Crippen LogP contribution in [0.4, 0.5) is 0 Å². The first-order valence-corrected chi connectivity index (χ1v) is 6.52. The Labute approximate surface area is 112 Å². The summed E-state index contributed by atoms with van der Waals surface area (Å²) < 4.78 is 11.2. The van der Waals surface area contributed by atoms with Crippen LogP contribution in [0.15, 0.2) is 12.1 Å². The summed E-state index contributed by atoms with van der Waals surface area (Å²) in [6, 6.07) is 5.63. The topological polar surface area (TPSA) is 59.3 Å². The van der Waals surface area contributed by atoms with Gasteiger partial charge in [0.1, 0.15) is 17.6 Å². The number of fused-ring (bicyclic) bond motifs is 1. The maximum absolute atomic E-state index is 12.1. The first-order valence-electron chi connectivity index (χ1n) is 6.52. The van der Waals surface area contributed by atoms with Gasteiger partial charge in [-0.15, -0.1) is 0 Å². The molecule has 0 spiro atoms. The average molecular weight is 259 g/mol. The van der Waals surface area contributed by atoms with Crippen molar-refractivity contribution in [3.63, 3.8) is 0 Å². The Kier molecular flexibility index (Phi) is 4.06. The molecule has 1 unspecified atom stereocenters. The van der Waals surface area contributed by atoms with Gasteiger partial charge < -0.3 is 9.47 Å². The van der Waals surface area contributed by atoms with E-state index in [9.17, 15) is 4.79 Å². The number of ketones is 1. The molecule has 0 saturated carbocycles. The fourth-order valence-corrected chi connectivity index (χ4v) is 2.24. The number of hydrogen-bond donors (Lipinski definition) is 0. The lowest BCUT2D eigenvalue weighted by Gasteiger charge is -2.11. The quantitative estimate of drug-likeness (QED) is 0.763. The maximum atomic E-state index is 12.1. The van der Waals surface area contributed by atoms with Gasteiger partial charge in [0.15, 0.2) is 5.78 Å². The molecule has 0 aliphatic carbocycles. The monoisotopic (exact) mass is 259 g/mol. The Morgan fingerprint density at radius 1 is 1.58 bits per heavy atom. The second kappa shape index (κ2) is 5.75. The maximum Gasteiger partial charge on any atom is 0.167 e. The van der Waals surface area contributed by atoms with Gasteiger partial charge in [-0.3, -0.25) is 4.79 Å². The second-order valence-electron chi connectivity index (χ2n) is 4.60. The summed E-state index contributed by atoms with van der Waals surface area (Å²) in [5.74, 6) is 1.29. The lowest BCUT2D eigenvalue weighted by molar-refractivity contribution is 0.0980. The molecule has 1 aliphatic heterocycles. The fraction of sp³-hybridized carbons (Fsp3) is 0.467. The lowest BCUT2D eigenvalue weighted by atomic mass is 10.0. The minimum atomic E-state index is -0.0732. The van der Waals surface area contributed by atoms with Gasteiger partial charge in [-0.05, 0) is 26.0 Å². The predicted molar refractivity (Wildman–Crippen MR) is 70.6 cm³/mol. The number of rotatable bonds is 5. The Morgan fingerprint density at radius 3 is 3.05 bits per heavy atom. The number of carbonyl (C=O) groups is 1. The lowest BCUT2D eigenvalue weighted by Crippen LogP contribution is -2.05. The largest absolute Gasteiger partial charge is 0.493 e. The van der Waals surface area contributed by atoms with E-state index in [-0.39, 0.29) is 24.7 Å². The summed E-state index contributed by atoms with van der Waals surface area (Å²) in [6.07, 6.45) is 1.40. The van der Waals surface area contributed by atoms with Gasteiger partial charge in [-0.2, -0.15) is 5.26 Å². The average Bonchev–Trinajstić information content (AvgIpc) is 2.74. The van der Waals surface area contributed by atoms with E-state index in [0.717, 1.165) is 17.7 Å². The molecule has 1 aromatic carbocycles. The third-order valence-corrected chi connectivity index (χ3v) is 3.06. The molecule has 4 heteroatoms. The molecule has 0 amide bonds. The number of benzene rings is 1. The third-order valence-electron chi connectivity index (χ3n) is 3.06. The molecular formula is C15H17NO3.